The summed E-state index contributed by atoms with van der Waals surface area (Å²) in [5, 5.41) is 3.00. The van der Waals surface area contributed by atoms with Gasteiger partial charge in [0, 0.05) is 12.5 Å². The largest absolute Gasteiger partial charge is 0.393 e. The number of terminal acetylenes is 1. The minimum atomic E-state index is -4.07. The van der Waals surface area contributed by atoms with Crippen molar-refractivity contribution in [1.29, 1.82) is 0 Å². The van der Waals surface area contributed by atoms with E-state index in [1.807, 2.05) is 0 Å². The molecule has 92 valence electrons. The molecule has 1 fully saturated rings. The van der Waals surface area contributed by atoms with Crippen molar-refractivity contribution < 1.29 is 13.2 Å². The van der Waals surface area contributed by atoms with Crippen LogP contribution in [-0.2, 0) is 0 Å². The van der Waals surface area contributed by atoms with Crippen LogP contribution in [-0.4, -0.2) is 18.8 Å². The summed E-state index contributed by atoms with van der Waals surface area (Å²) in [6.07, 6.45) is 4.85. The molecule has 0 bridgehead atoms. The van der Waals surface area contributed by atoms with E-state index in [1.54, 1.807) is 0 Å². The molecule has 4 heteroatoms. The molecule has 0 heterocycles. The highest BCUT2D eigenvalue weighted by Gasteiger charge is 2.45. The van der Waals surface area contributed by atoms with Gasteiger partial charge >= 0.3 is 6.18 Å². The molecule has 2 unspecified atom stereocenters. The van der Waals surface area contributed by atoms with Crippen molar-refractivity contribution in [3.8, 4) is 12.3 Å². The molecule has 2 atom stereocenters. The molecular formula is C12H18F3N. The van der Waals surface area contributed by atoms with Crippen LogP contribution < -0.4 is 5.32 Å². The lowest BCUT2D eigenvalue weighted by Crippen LogP contribution is -2.45. The van der Waals surface area contributed by atoms with Crippen molar-refractivity contribution >= 4 is 0 Å². The molecule has 0 radical (unpaired) electrons. The Morgan fingerprint density at radius 1 is 1.25 bits per heavy atom. The van der Waals surface area contributed by atoms with E-state index in [0.717, 1.165) is 12.8 Å². The lowest BCUT2D eigenvalue weighted by Gasteiger charge is -2.33. The summed E-state index contributed by atoms with van der Waals surface area (Å²) in [7, 11) is 0. The highest BCUT2D eigenvalue weighted by molar-refractivity contribution is 4.87. The lowest BCUT2D eigenvalue weighted by molar-refractivity contribution is -0.188. The molecule has 0 amide bonds. The molecule has 1 saturated carbocycles. The summed E-state index contributed by atoms with van der Waals surface area (Å²) in [4.78, 5) is 0. The van der Waals surface area contributed by atoms with Gasteiger partial charge in [0.05, 0.1) is 5.92 Å². The van der Waals surface area contributed by atoms with Gasteiger partial charge < -0.3 is 5.32 Å². The van der Waals surface area contributed by atoms with Gasteiger partial charge in [0.2, 0.25) is 0 Å². The first-order chi connectivity index (χ1) is 7.55. The molecule has 0 aromatic heterocycles. The van der Waals surface area contributed by atoms with Crippen molar-refractivity contribution in [2.75, 3.05) is 6.54 Å². The van der Waals surface area contributed by atoms with Crippen LogP contribution in [0.15, 0.2) is 0 Å². The smallest absolute Gasteiger partial charge is 0.313 e. The third kappa shape index (κ3) is 4.05. The number of halogens is 3. The van der Waals surface area contributed by atoms with Crippen molar-refractivity contribution in [2.45, 2.75) is 50.7 Å². The number of unbranched alkanes of at least 4 members (excludes halogenated alkanes) is 1. The maximum absolute atomic E-state index is 12.7. The van der Waals surface area contributed by atoms with E-state index in [9.17, 15) is 13.2 Å². The lowest BCUT2D eigenvalue weighted by atomic mass is 9.84. The summed E-state index contributed by atoms with van der Waals surface area (Å²) in [6, 6.07) is -0.411. The molecule has 0 aromatic carbocycles. The van der Waals surface area contributed by atoms with Crippen LogP contribution in [0.5, 0.6) is 0 Å². The molecule has 1 nitrogen and oxygen atoms in total. The van der Waals surface area contributed by atoms with E-state index in [0.29, 0.717) is 25.8 Å². The SMILES string of the molecule is C#CCCCNC1CCCCC1C(F)(F)F. The number of hydrogen-bond acceptors (Lipinski definition) is 1. The minimum absolute atomic E-state index is 0.260. The van der Waals surface area contributed by atoms with Gasteiger partial charge in [-0.2, -0.15) is 13.2 Å². The van der Waals surface area contributed by atoms with Gasteiger partial charge in [-0.25, -0.2) is 0 Å². The van der Waals surface area contributed by atoms with Crippen LogP contribution in [0.25, 0.3) is 0 Å². The molecule has 1 rings (SSSR count). The monoisotopic (exact) mass is 233 g/mol. The Morgan fingerprint density at radius 2 is 1.94 bits per heavy atom. The second-order valence-corrected chi connectivity index (χ2v) is 4.30. The zero-order valence-corrected chi connectivity index (χ0v) is 9.32. The Morgan fingerprint density at radius 3 is 2.56 bits per heavy atom. The summed E-state index contributed by atoms with van der Waals surface area (Å²) >= 11 is 0. The van der Waals surface area contributed by atoms with Gasteiger partial charge in [-0.3, -0.25) is 0 Å². The van der Waals surface area contributed by atoms with Crippen molar-refractivity contribution in [2.24, 2.45) is 5.92 Å². The van der Waals surface area contributed by atoms with Crippen molar-refractivity contribution in [3.05, 3.63) is 0 Å². The molecule has 0 saturated heterocycles. The fourth-order valence-corrected chi connectivity index (χ4v) is 2.24. The normalized spacial score (nSPS) is 26.4. The molecular weight excluding hydrogens is 215 g/mol. The number of rotatable bonds is 4. The zero-order valence-electron chi connectivity index (χ0n) is 9.32. The second kappa shape index (κ2) is 6.15. The Balaban J connectivity index is 2.39. The van der Waals surface area contributed by atoms with Gasteiger partial charge in [-0.1, -0.05) is 12.8 Å². The summed E-state index contributed by atoms with van der Waals surface area (Å²) < 4.78 is 38.1. The van der Waals surface area contributed by atoms with Gasteiger partial charge in [0.15, 0.2) is 0 Å². The first-order valence-electron chi connectivity index (χ1n) is 5.79. The van der Waals surface area contributed by atoms with Crippen LogP contribution in [0, 0.1) is 18.3 Å². The maximum atomic E-state index is 12.7. The van der Waals surface area contributed by atoms with E-state index in [4.69, 9.17) is 6.42 Å². The van der Waals surface area contributed by atoms with Crippen LogP contribution >= 0.6 is 0 Å². The molecule has 16 heavy (non-hydrogen) atoms. The average Bonchev–Trinajstić information content (AvgIpc) is 2.24. The van der Waals surface area contributed by atoms with Crippen molar-refractivity contribution in [1.82, 2.24) is 5.32 Å². The Hall–Kier alpha value is -0.690. The molecule has 0 aliphatic heterocycles. The van der Waals surface area contributed by atoms with Crippen molar-refractivity contribution in [3.63, 3.8) is 0 Å². The first-order valence-corrected chi connectivity index (χ1v) is 5.79. The van der Waals surface area contributed by atoms with Gasteiger partial charge in [0.1, 0.15) is 0 Å². The third-order valence-corrected chi connectivity index (χ3v) is 3.09. The summed E-state index contributed by atoms with van der Waals surface area (Å²) in [6.45, 7) is 0.585. The fraction of sp³-hybridized carbons (Fsp3) is 0.833. The standard InChI is InChI=1S/C12H18F3N/c1-2-3-6-9-16-11-8-5-4-7-10(11)12(13,14)15/h1,10-11,16H,3-9H2. The first kappa shape index (κ1) is 13.4. The highest BCUT2D eigenvalue weighted by Crippen LogP contribution is 2.37. The van der Waals surface area contributed by atoms with Crippen LogP contribution in [0.3, 0.4) is 0 Å². The number of nitrogens with one attached hydrogen (secondary N) is 1. The van der Waals surface area contributed by atoms with E-state index >= 15 is 0 Å². The maximum Gasteiger partial charge on any atom is 0.393 e. The van der Waals surface area contributed by atoms with Gasteiger partial charge in [0.25, 0.3) is 0 Å². The number of hydrogen-bond donors (Lipinski definition) is 1. The fourth-order valence-electron chi connectivity index (χ4n) is 2.24. The minimum Gasteiger partial charge on any atom is -0.313 e. The third-order valence-electron chi connectivity index (χ3n) is 3.09. The van der Waals surface area contributed by atoms with E-state index < -0.39 is 18.1 Å². The topological polar surface area (TPSA) is 12.0 Å². The van der Waals surface area contributed by atoms with Crippen LogP contribution in [0.4, 0.5) is 13.2 Å². The highest BCUT2D eigenvalue weighted by atomic mass is 19.4. The van der Waals surface area contributed by atoms with Gasteiger partial charge in [-0.05, 0) is 25.8 Å². The summed E-state index contributed by atoms with van der Waals surface area (Å²) in [5.74, 6) is 1.31. The molecule has 1 aliphatic carbocycles. The molecule has 1 N–H and O–H groups in total. The average molecular weight is 233 g/mol. The van der Waals surface area contributed by atoms with Crippen LogP contribution in [0.2, 0.25) is 0 Å². The van der Waals surface area contributed by atoms with E-state index in [2.05, 4.69) is 11.2 Å². The van der Waals surface area contributed by atoms with Gasteiger partial charge in [-0.15, -0.1) is 12.3 Å². The summed E-state index contributed by atoms with van der Waals surface area (Å²) in [5.41, 5.74) is 0. The quantitative estimate of drug-likeness (QED) is 0.581. The number of alkyl halides is 3. The molecule has 0 spiro atoms. The van der Waals surface area contributed by atoms with E-state index in [1.165, 1.54) is 0 Å². The molecule has 1 aliphatic rings. The predicted molar refractivity (Wildman–Crippen MR) is 57.9 cm³/mol. The second-order valence-electron chi connectivity index (χ2n) is 4.30. The molecule has 0 aromatic rings. The Labute approximate surface area is 94.8 Å². The predicted octanol–water partition coefficient (Wildman–Crippen LogP) is 3.11. The Bertz CT molecular complexity index is 242. The zero-order chi connectivity index (χ0) is 12.0. The van der Waals surface area contributed by atoms with Crippen LogP contribution in [0.1, 0.15) is 38.5 Å². The Kier molecular flexibility index (Phi) is 5.14. The van der Waals surface area contributed by atoms with E-state index in [-0.39, 0.29) is 6.42 Å².